The average molecular weight is 298 g/mol. The molecular weight excluding hydrogens is 268 g/mol. The molecular formula is C16H30N2O3. The second-order valence-corrected chi connectivity index (χ2v) is 7.01. The standard InChI is InChI=1S/C16H30N2O3/c1-12(13-4-3-5-14(17)10-13)15(19)18(2)11-16(20)6-8-21-9-7-16/h12-14,20H,3-11,17H2,1-2H3. The summed E-state index contributed by atoms with van der Waals surface area (Å²) in [4.78, 5) is 14.3. The fourth-order valence-corrected chi connectivity index (χ4v) is 3.70. The molecule has 0 radical (unpaired) electrons. The topological polar surface area (TPSA) is 75.8 Å². The fraction of sp³-hybridized carbons (Fsp3) is 0.938. The smallest absolute Gasteiger partial charge is 0.225 e. The lowest BCUT2D eigenvalue weighted by atomic mass is 9.78. The van der Waals surface area contributed by atoms with Crippen molar-refractivity contribution in [1.82, 2.24) is 4.90 Å². The quantitative estimate of drug-likeness (QED) is 0.816. The largest absolute Gasteiger partial charge is 0.388 e. The summed E-state index contributed by atoms with van der Waals surface area (Å²) in [6.45, 7) is 3.56. The number of rotatable bonds is 4. The number of nitrogens with zero attached hydrogens (tertiary/aromatic N) is 1. The number of hydrogen-bond donors (Lipinski definition) is 2. The van der Waals surface area contributed by atoms with Crippen LogP contribution in [0.2, 0.25) is 0 Å². The Morgan fingerprint density at radius 2 is 2.10 bits per heavy atom. The molecule has 0 bridgehead atoms. The molecule has 1 aliphatic carbocycles. The maximum Gasteiger partial charge on any atom is 0.225 e. The van der Waals surface area contributed by atoms with Crippen LogP contribution < -0.4 is 5.73 Å². The van der Waals surface area contributed by atoms with E-state index >= 15 is 0 Å². The Morgan fingerprint density at radius 3 is 2.71 bits per heavy atom. The zero-order valence-electron chi connectivity index (χ0n) is 13.4. The maximum absolute atomic E-state index is 12.6. The van der Waals surface area contributed by atoms with Gasteiger partial charge in [-0.25, -0.2) is 0 Å². The Hall–Kier alpha value is -0.650. The first-order chi connectivity index (χ1) is 9.91. The Labute approximate surface area is 127 Å². The number of hydrogen-bond acceptors (Lipinski definition) is 4. The minimum Gasteiger partial charge on any atom is -0.388 e. The van der Waals surface area contributed by atoms with Crippen LogP contribution in [0.3, 0.4) is 0 Å². The van der Waals surface area contributed by atoms with E-state index in [2.05, 4.69) is 0 Å². The van der Waals surface area contributed by atoms with Gasteiger partial charge < -0.3 is 20.5 Å². The third kappa shape index (κ3) is 4.41. The Bertz CT molecular complexity index is 355. The molecule has 2 aliphatic rings. The van der Waals surface area contributed by atoms with E-state index in [1.807, 2.05) is 6.92 Å². The van der Waals surface area contributed by atoms with Crippen molar-refractivity contribution in [3.8, 4) is 0 Å². The van der Waals surface area contributed by atoms with E-state index in [4.69, 9.17) is 10.5 Å². The summed E-state index contributed by atoms with van der Waals surface area (Å²) in [5.74, 6) is 0.506. The van der Waals surface area contributed by atoms with Gasteiger partial charge in [0.1, 0.15) is 0 Å². The molecule has 21 heavy (non-hydrogen) atoms. The Balaban J connectivity index is 1.88. The van der Waals surface area contributed by atoms with E-state index in [0.29, 0.717) is 38.5 Å². The van der Waals surface area contributed by atoms with Gasteiger partial charge in [0.2, 0.25) is 5.91 Å². The predicted molar refractivity (Wildman–Crippen MR) is 81.7 cm³/mol. The summed E-state index contributed by atoms with van der Waals surface area (Å²) in [6.07, 6.45) is 5.44. The summed E-state index contributed by atoms with van der Waals surface area (Å²) in [7, 11) is 1.80. The van der Waals surface area contributed by atoms with Gasteiger partial charge >= 0.3 is 0 Å². The van der Waals surface area contributed by atoms with Gasteiger partial charge in [-0.05, 0) is 25.2 Å². The number of likely N-dealkylation sites (N-methyl/N-ethyl adjacent to an activating group) is 1. The summed E-state index contributed by atoms with van der Waals surface area (Å²) in [6, 6.07) is 0.240. The number of ether oxygens (including phenoxy) is 1. The fourth-order valence-electron chi connectivity index (χ4n) is 3.70. The lowest BCUT2D eigenvalue weighted by Gasteiger charge is -2.38. The number of carbonyl (C=O) groups is 1. The van der Waals surface area contributed by atoms with Crippen LogP contribution in [-0.2, 0) is 9.53 Å². The van der Waals surface area contributed by atoms with Gasteiger partial charge in [0, 0.05) is 51.6 Å². The number of nitrogens with two attached hydrogens (primary N) is 1. The van der Waals surface area contributed by atoms with Crippen LogP contribution in [0.25, 0.3) is 0 Å². The van der Waals surface area contributed by atoms with Crippen LogP contribution in [-0.4, -0.2) is 54.4 Å². The summed E-state index contributed by atoms with van der Waals surface area (Å²) in [5, 5.41) is 10.5. The van der Waals surface area contributed by atoms with Crippen molar-refractivity contribution in [2.24, 2.45) is 17.6 Å². The zero-order valence-corrected chi connectivity index (χ0v) is 13.4. The number of amides is 1. The highest BCUT2D eigenvalue weighted by Gasteiger charge is 2.35. The molecule has 2 rings (SSSR count). The van der Waals surface area contributed by atoms with Crippen molar-refractivity contribution in [3.05, 3.63) is 0 Å². The molecule has 3 unspecified atom stereocenters. The molecule has 1 amide bonds. The third-order valence-electron chi connectivity index (χ3n) is 5.18. The minimum atomic E-state index is -0.786. The SMILES string of the molecule is CC(C(=O)N(C)CC1(O)CCOCC1)C1CCCC(N)C1. The molecule has 0 spiro atoms. The van der Waals surface area contributed by atoms with Crippen molar-refractivity contribution in [3.63, 3.8) is 0 Å². The zero-order chi connectivity index (χ0) is 15.5. The Kier molecular flexibility index (Phi) is 5.63. The van der Waals surface area contributed by atoms with E-state index < -0.39 is 5.60 Å². The molecule has 2 fully saturated rings. The van der Waals surface area contributed by atoms with Crippen molar-refractivity contribution in [2.45, 2.75) is 57.1 Å². The normalized spacial score (nSPS) is 30.7. The molecule has 1 aliphatic heterocycles. The van der Waals surface area contributed by atoms with Crippen molar-refractivity contribution in [1.29, 1.82) is 0 Å². The molecule has 1 heterocycles. The number of carbonyl (C=O) groups excluding carboxylic acids is 1. The molecule has 0 aromatic heterocycles. The summed E-state index contributed by atoms with van der Waals surface area (Å²) < 4.78 is 5.28. The van der Waals surface area contributed by atoms with E-state index in [9.17, 15) is 9.90 Å². The average Bonchev–Trinajstić information content (AvgIpc) is 2.46. The molecule has 5 nitrogen and oxygen atoms in total. The summed E-state index contributed by atoms with van der Waals surface area (Å²) >= 11 is 0. The second-order valence-electron chi connectivity index (χ2n) is 7.01. The minimum absolute atomic E-state index is 0.00945. The highest BCUT2D eigenvalue weighted by atomic mass is 16.5. The van der Waals surface area contributed by atoms with Gasteiger partial charge in [0.25, 0.3) is 0 Å². The second kappa shape index (κ2) is 7.07. The van der Waals surface area contributed by atoms with Crippen LogP contribution in [0.5, 0.6) is 0 Å². The maximum atomic E-state index is 12.6. The molecule has 1 saturated heterocycles. The van der Waals surface area contributed by atoms with Crippen molar-refractivity contribution in [2.75, 3.05) is 26.8 Å². The highest BCUT2D eigenvalue weighted by molar-refractivity contribution is 5.78. The first kappa shape index (κ1) is 16.7. The van der Waals surface area contributed by atoms with Gasteiger partial charge in [-0.3, -0.25) is 4.79 Å². The van der Waals surface area contributed by atoms with Crippen molar-refractivity contribution < 1.29 is 14.6 Å². The van der Waals surface area contributed by atoms with Gasteiger partial charge in [-0.15, -0.1) is 0 Å². The first-order valence-corrected chi connectivity index (χ1v) is 8.22. The van der Waals surface area contributed by atoms with E-state index in [0.717, 1.165) is 25.7 Å². The molecule has 1 saturated carbocycles. The highest BCUT2D eigenvalue weighted by Crippen LogP contribution is 2.31. The molecule has 5 heteroatoms. The lowest BCUT2D eigenvalue weighted by Crippen LogP contribution is -2.49. The molecule has 0 aromatic carbocycles. The monoisotopic (exact) mass is 298 g/mol. The molecule has 3 N–H and O–H groups in total. The molecule has 3 atom stereocenters. The lowest BCUT2D eigenvalue weighted by molar-refractivity contribution is -0.142. The van der Waals surface area contributed by atoms with Crippen LogP contribution in [0, 0.1) is 11.8 Å². The van der Waals surface area contributed by atoms with E-state index in [1.54, 1.807) is 11.9 Å². The predicted octanol–water partition coefficient (Wildman–Crippen LogP) is 1.14. The molecule has 0 aromatic rings. The van der Waals surface area contributed by atoms with E-state index in [1.165, 1.54) is 0 Å². The van der Waals surface area contributed by atoms with Gasteiger partial charge in [0.15, 0.2) is 0 Å². The van der Waals surface area contributed by atoms with Crippen LogP contribution in [0.4, 0.5) is 0 Å². The number of aliphatic hydroxyl groups is 1. The van der Waals surface area contributed by atoms with Crippen LogP contribution in [0.1, 0.15) is 45.4 Å². The Morgan fingerprint density at radius 1 is 1.43 bits per heavy atom. The third-order valence-corrected chi connectivity index (χ3v) is 5.18. The first-order valence-electron chi connectivity index (χ1n) is 8.22. The van der Waals surface area contributed by atoms with E-state index in [-0.39, 0.29) is 17.9 Å². The van der Waals surface area contributed by atoms with Crippen LogP contribution in [0.15, 0.2) is 0 Å². The van der Waals surface area contributed by atoms with Crippen LogP contribution >= 0.6 is 0 Å². The summed E-state index contributed by atoms with van der Waals surface area (Å²) in [5.41, 5.74) is 5.24. The van der Waals surface area contributed by atoms with Gasteiger partial charge in [-0.1, -0.05) is 13.3 Å². The van der Waals surface area contributed by atoms with Gasteiger partial charge in [0.05, 0.1) is 5.60 Å². The van der Waals surface area contributed by atoms with Gasteiger partial charge in [-0.2, -0.15) is 0 Å². The van der Waals surface area contributed by atoms with Crippen molar-refractivity contribution >= 4 is 5.91 Å². The molecule has 122 valence electrons.